The minimum absolute atomic E-state index is 0.0780. The summed E-state index contributed by atoms with van der Waals surface area (Å²) in [5.41, 5.74) is 2.25. The van der Waals surface area contributed by atoms with E-state index in [1.54, 1.807) is 23.9 Å². The van der Waals surface area contributed by atoms with Crippen molar-refractivity contribution in [3.63, 3.8) is 0 Å². The Morgan fingerprint density at radius 1 is 1.10 bits per heavy atom. The van der Waals surface area contributed by atoms with E-state index in [2.05, 4.69) is 17.1 Å². The number of nitrogens with zero attached hydrogens (tertiary/aromatic N) is 1. The molecular weight excluding hydrogens is 408 g/mol. The maximum Gasteiger partial charge on any atom is 0.337 e. The number of nitrogens with one attached hydrogen (secondary N) is 1. The number of thioether (sulfide) groups is 1. The molecule has 2 aliphatic rings. The second-order valence-electron chi connectivity index (χ2n) is 8.14. The van der Waals surface area contributed by atoms with Gasteiger partial charge in [0, 0.05) is 11.7 Å². The maximum atomic E-state index is 13.5. The molecule has 1 saturated carbocycles. The van der Waals surface area contributed by atoms with Crippen molar-refractivity contribution in [3.8, 4) is 0 Å². The minimum Gasteiger partial charge on any atom is -0.465 e. The van der Waals surface area contributed by atoms with Crippen molar-refractivity contribution >= 4 is 35.4 Å². The normalized spacial score (nSPS) is 25.0. The molecule has 0 spiro atoms. The number of amides is 1. The molecule has 0 bridgehead atoms. The monoisotopic (exact) mass is 436 g/mol. The van der Waals surface area contributed by atoms with Crippen LogP contribution in [0.1, 0.15) is 48.5 Å². The third-order valence-corrected chi connectivity index (χ3v) is 7.17. The van der Waals surface area contributed by atoms with Crippen LogP contribution >= 0.6 is 11.8 Å². The van der Waals surface area contributed by atoms with Crippen LogP contribution in [0, 0.1) is 5.92 Å². The van der Waals surface area contributed by atoms with Crippen LogP contribution in [0.15, 0.2) is 59.5 Å². The molecule has 1 saturated heterocycles. The Bertz CT molecular complexity index is 958. The largest absolute Gasteiger partial charge is 0.465 e. The van der Waals surface area contributed by atoms with Gasteiger partial charge < -0.3 is 15.0 Å². The van der Waals surface area contributed by atoms with Crippen LogP contribution in [0.25, 0.3) is 6.08 Å². The molecule has 1 aliphatic carbocycles. The van der Waals surface area contributed by atoms with Gasteiger partial charge in [0.2, 0.25) is 0 Å². The quantitative estimate of drug-likeness (QED) is 0.505. The zero-order valence-corrected chi connectivity index (χ0v) is 18.7. The van der Waals surface area contributed by atoms with Gasteiger partial charge in [0.05, 0.1) is 17.6 Å². The van der Waals surface area contributed by atoms with Crippen LogP contribution in [-0.4, -0.2) is 35.4 Å². The number of carbonyl (C=O) groups excluding carboxylic acids is 2. The van der Waals surface area contributed by atoms with E-state index in [0.29, 0.717) is 11.5 Å². The lowest BCUT2D eigenvalue weighted by atomic mass is 9.85. The number of benzene rings is 2. The molecule has 1 heterocycles. The predicted molar refractivity (Wildman–Crippen MR) is 125 cm³/mol. The van der Waals surface area contributed by atoms with E-state index in [1.165, 1.54) is 13.5 Å². The van der Waals surface area contributed by atoms with Gasteiger partial charge in [-0.25, -0.2) is 4.79 Å². The average molecular weight is 437 g/mol. The fourth-order valence-electron chi connectivity index (χ4n) is 4.35. The predicted octanol–water partition coefficient (Wildman–Crippen LogP) is 5.36. The lowest BCUT2D eigenvalue weighted by Crippen LogP contribution is -2.48. The Morgan fingerprint density at radius 2 is 1.81 bits per heavy atom. The molecule has 2 aromatic rings. The Morgan fingerprint density at radius 3 is 2.48 bits per heavy atom. The van der Waals surface area contributed by atoms with Gasteiger partial charge in [-0.15, -0.1) is 0 Å². The molecule has 1 N–H and O–H groups in total. The summed E-state index contributed by atoms with van der Waals surface area (Å²) in [5.74, 6) is 0.196. The first-order valence-electron chi connectivity index (χ1n) is 10.8. The van der Waals surface area contributed by atoms with Crippen LogP contribution in [0.5, 0.6) is 0 Å². The second kappa shape index (κ2) is 9.60. The molecule has 5 nitrogen and oxygen atoms in total. The van der Waals surface area contributed by atoms with Gasteiger partial charge >= 0.3 is 5.97 Å². The van der Waals surface area contributed by atoms with E-state index < -0.39 is 0 Å². The molecule has 2 aromatic carbocycles. The Kier molecular flexibility index (Phi) is 6.66. The maximum absolute atomic E-state index is 13.5. The summed E-state index contributed by atoms with van der Waals surface area (Å²) in [6.07, 6.45) is 6.52. The standard InChI is InChI=1S/C25H28N2O3S/c1-17-8-6-7-11-21(17)27-23(28)22(31-25(27)26-20-9-4-3-5-10-20)16-18-12-14-19(15-13-18)24(29)30-2/h3-5,9-10,12-17,21,25-26H,6-8,11H2,1-2H3/b22-16-/t17-,21+,25?/m1/s1. The Hall–Kier alpha value is -2.73. The first-order valence-corrected chi connectivity index (χ1v) is 11.7. The molecular formula is C25H28N2O3S. The van der Waals surface area contributed by atoms with Gasteiger partial charge in [0.15, 0.2) is 5.50 Å². The van der Waals surface area contributed by atoms with Gasteiger partial charge in [0.25, 0.3) is 5.91 Å². The summed E-state index contributed by atoms with van der Waals surface area (Å²) >= 11 is 1.56. The SMILES string of the molecule is COC(=O)c1ccc(/C=C2\SC(Nc3ccccc3)N([C@H]3CCCC[C@H]3C)C2=O)cc1. The molecule has 0 aromatic heterocycles. The molecule has 1 aliphatic heterocycles. The van der Waals surface area contributed by atoms with Crippen LogP contribution in [0.2, 0.25) is 0 Å². The van der Waals surface area contributed by atoms with Gasteiger partial charge in [-0.3, -0.25) is 4.79 Å². The molecule has 6 heteroatoms. The molecule has 2 fully saturated rings. The van der Waals surface area contributed by atoms with Crippen LogP contribution in [0.4, 0.5) is 5.69 Å². The highest BCUT2D eigenvalue weighted by Crippen LogP contribution is 2.42. The van der Waals surface area contributed by atoms with Crippen molar-refractivity contribution in [1.82, 2.24) is 4.90 Å². The first kappa shape index (κ1) is 21.5. The van der Waals surface area contributed by atoms with Crippen molar-refractivity contribution in [2.45, 2.75) is 44.1 Å². The molecule has 1 amide bonds. The number of esters is 1. The molecule has 1 unspecified atom stereocenters. The number of hydrogen-bond donors (Lipinski definition) is 1. The van der Waals surface area contributed by atoms with Gasteiger partial charge in [-0.05, 0) is 54.7 Å². The highest BCUT2D eigenvalue weighted by molar-refractivity contribution is 8.05. The molecule has 162 valence electrons. The molecule has 4 rings (SSSR count). The molecule has 3 atom stereocenters. The highest BCUT2D eigenvalue weighted by atomic mass is 32.2. The highest BCUT2D eigenvalue weighted by Gasteiger charge is 2.42. The van der Waals surface area contributed by atoms with E-state index in [-0.39, 0.29) is 23.4 Å². The average Bonchev–Trinajstić information content (AvgIpc) is 3.09. The Balaban J connectivity index is 1.61. The number of carbonyl (C=O) groups is 2. The van der Waals surface area contributed by atoms with E-state index in [1.807, 2.05) is 48.5 Å². The summed E-state index contributed by atoms with van der Waals surface area (Å²) in [7, 11) is 1.37. The van der Waals surface area contributed by atoms with E-state index in [9.17, 15) is 9.59 Å². The van der Waals surface area contributed by atoms with Crippen molar-refractivity contribution in [1.29, 1.82) is 0 Å². The lowest BCUT2D eigenvalue weighted by Gasteiger charge is -2.39. The number of para-hydroxylation sites is 1. The van der Waals surface area contributed by atoms with E-state index >= 15 is 0 Å². The topological polar surface area (TPSA) is 58.6 Å². The van der Waals surface area contributed by atoms with Crippen molar-refractivity contribution < 1.29 is 14.3 Å². The summed E-state index contributed by atoms with van der Waals surface area (Å²) < 4.78 is 4.76. The molecule has 31 heavy (non-hydrogen) atoms. The zero-order chi connectivity index (χ0) is 21.8. The Labute approximate surface area is 187 Å². The third-order valence-electron chi connectivity index (χ3n) is 6.05. The fourth-order valence-corrected chi connectivity index (χ4v) is 5.56. The fraction of sp³-hybridized carbons (Fsp3) is 0.360. The van der Waals surface area contributed by atoms with Gasteiger partial charge in [-0.2, -0.15) is 0 Å². The lowest BCUT2D eigenvalue weighted by molar-refractivity contribution is -0.129. The van der Waals surface area contributed by atoms with Crippen LogP contribution < -0.4 is 5.32 Å². The van der Waals surface area contributed by atoms with Crippen molar-refractivity contribution in [2.75, 3.05) is 12.4 Å². The first-order chi connectivity index (χ1) is 15.1. The number of ether oxygens (including phenoxy) is 1. The third kappa shape index (κ3) is 4.79. The summed E-state index contributed by atoms with van der Waals surface area (Å²) in [6.45, 7) is 2.26. The summed E-state index contributed by atoms with van der Waals surface area (Å²) in [5, 5.41) is 3.55. The number of hydrogen-bond acceptors (Lipinski definition) is 5. The number of rotatable bonds is 5. The van der Waals surface area contributed by atoms with E-state index in [0.717, 1.165) is 35.4 Å². The number of methoxy groups -OCH3 is 1. The summed E-state index contributed by atoms with van der Waals surface area (Å²) in [6, 6.07) is 17.4. The summed E-state index contributed by atoms with van der Waals surface area (Å²) in [4.78, 5) is 27.9. The van der Waals surface area contributed by atoms with Crippen LogP contribution in [0.3, 0.4) is 0 Å². The van der Waals surface area contributed by atoms with Crippen molar-refractivity contribution in [3.05, 3.63) is 70.6 Å². The minimum atomic E-state index is -0.366. The van der Waals surface area contributed by atoms with Gasteiger partial charge in [0.1, 0.15) is 0 Å². The van der Waals surface area contributed by atoms with Gasteiger partial charge in [-0.1, -0.05) is 61.9 Å². The smallest absolute Gasteiger partial charge is 0.337 e. The van der Waals surface area contributed by atoms with E-state index in [4.69, 9.17) is 4.74 Å². The van der Waals surface area contributed by atoms with Crippen molar-refractivity contribution in [2.24, 2.45) is 5.92 Å². The molecule has 0 radical (unpaired) electrons. The number of anilines is 1. The second-order valence-corrected chi connectivity index (χ2v) is 9.27. The zero-order valence-electron chi connectivity index (χ0n) is 17.9. The van der Waals surface area contributed by atoms with Crippen LogP contribution in [-0.2, 0) is 9.53 Å².